The zero-order valence-electron chi connectivity index (χ0n) is 29.1. The molecule has 16 heteroatoms. The normalized spacial score (nSPS) is 19.0. The third-order valence-electron chi connectivity index (χ3n) is 10.9. The molecule has 2 heterocycles. The van der Waals surface area contributed by atoms with Gasteiger partial charge in [-0.25, -0.2) is 31.5 Å². The number of hydrogen-bond donors (Lipinski definition) is 3. The summed E-state index contributed by atoms with van der Waals surface area (Å²) in [5.41, 5.74) is 11.2. The average Bonchev–Trinajstić information content (AvgIpc) is 3.87. The molecule has 4 N–H and O–H groups in total. The second kappa shape index (κ2) is 15.8. The number of hydrogen-bond acceptors (Lipinski definition) is 11. The second-order valence-electron chi connectivity index (χ2n) is 14.3. The molecular formula is C36H44N8O6S2. The average molecular weight is 749 g/mol. The number of sulfonamides is 2. The van der Waals surface area contributed by atoms with Crippen molar-refractivity contribution in [3.63, 3.8) is 0 Å². The summed E-state index contributed by atoms with van der Waals surface area (Å²) in [6, 6.07) is 7.85. The van der Waals surface area contributed by atoms with Gasteiger partial charge in [0.25, 0.3) is 6.26 Å². The Morgan fingerprint density at radius 3 is 1.56 bits per heavy atom. The summed E-state index contributed by atoms with van der Waals surface area (Å²) in [5.74, 6) is 0.903. The summed E-state index contributed by atoms with van der Waals surface area (Å²) in [7, 11) is -7.10. The van der Waals surface area contributed by atoms with E-state index in [1.54, 1.807) is 9.80 Å². The highest BCUT2D eigenvalue weighted by Gasteiger charge is 2.38. The monoisotopic (exact) mass is 748 g/mol. The Hall–Kier alpha value is -4.24. The van der Waals surface area contributed by atoms with E-state index in [0.29, 0.717) is 13.1 Å². The van der Waals surface area contributed by atoms with E-state index >= 15 is 0 Å². The van der Waals surface area contributed by atoms with Crippen molar-refractivity contribution in [3.05, 3.63) is 56.6 Å². The van der Waals surface area contributed by atoms with Gasteiger partial charge in [0.1, 0.15) is 16.2 Å². The number of ether oxygens (including phenoxy) is 1. The van der Waals surface area contributed by atoms with Crippen LogP contribution in [0.4, 0.5) is 10.5 Å². The maximum absolute atomic E-state index is 12.4. The first-order valence-electron chi connectivity index (χ1n) is 17.8. The van der Waals surface area contributed by atoms with Gasteiger partial charge in [-0.15, -0.1) is 5.26 Å². The van der Waals surface area contributed by atoms with Gasteiger partial charge in [0, 0.05) is 31.9 Å². The molecule has 2 fully saturated rings. The number of urea groups is 1. The fourth-order valence-corrected chi connectivity index (χ4v) is 10.3. The number of nitriles is 3. The molecule has 276 valence electrons. The summed E-state index contributed by atoms with van der Waals surface area (Å²) >= 11 is 0. The smallest absolute Gasteiger partial charge is 0.332 e. The van der Waals surface area contributed by atoms with E-state index in [4.69, 9.17) is 25.7 Å². The van der Waals surface area contributed by atoms with E-state index in [-0.39, 0.29) is 26.2 Å². The highest BCUT2D eigenvalue weighted by molar-refractivity contribution is 7.90. The Balaban J connectivity index is 0.000000150. The fraction of sp³-hybridized carbons (Fsp3) is 0.556. The van der Waals surface area contributed by atoms with Gasteiger partial charge in [-0.2, -0.15) is 10.5 Å². The number of nitrogens with one attached hydrogen (secondary N) is 2. The van der Waals surface area contributed by atoms with Crippen molar-refractivity contribution < 1.29 is 26.4 Å². The molecule has 52 heavy (non-hydrogen) atoms. The quantitative estimate of drug-likeness (QED) is 0.275. The predicted octanol–water partition coefficient (Wildman–Crippen LogP) is 2.33. The first-order valence-corrected chi connectivity index (χ1v) is 21.0. The Labute approximate surface area is 305 Å². The van der Waals surface area contributed by atoms with Crippen LogP contribution in [0.3, 0.4) is 0 Å². The van der Waals surface area contributed by atoms with E-state index in [9.17, 15) is 21.6 Å². The van der Waals surface area contributed by atoms with Gasteiger partial charge in [0.15, 0.2) is 0 Å². The van der Waals surface area contributed by atoms with Gasteiger partial charge in [-0.05, 0) is 122 Å². The van der Waals surface area contributed by atoms with Crippen molar-refractivity contribution in [2.75, 3.05) is 44.6 Å². The number of primary sulfonamides is 1. The number of aryl methyl sites for hydroxylation is 4. The number of nitrogens with zero attached hydrogens (tertiary/aromatic N) is 5. The van der Waals surface area contributed by atoms with Crippen molar-refractivity contribution >= 4 is 31.8 Å². The molecule has 0 unspecified atom stereocenters. The number of anilines is 1. The number of carbonyl (C=O) groups excluding carboxylic acids is 1. The molecule has 2 aliphatic heterocycles. The number of carbonyl (C=O) groups is 1. The molecule has 8 rings (SSSR count). The van der Waals surface area contributed by atoms with Crippen LogP contribution in [0.5, 0.6) is 5.75 Å². The molecule has 14 nitrogen and oxygen atoms in total. The van der Waals surface area contributed by atoms with Gasteiger partial charge in [-0.1, -0.05) is 12.1 Å². The van der Waals surface area contributed by atoms with Gasteiger partial charge in [0.2, 0.25) is 20.0 Å². The summed E-state index contributed by atoms with van der Waals surface area (Å²) in [6.45, 7) is 1.85. The Bertz CT molecular complexity index is 2010. The number of rotatable bonds is 7. The molecular weight excluding hydrogens is 705 g/mol. The van der Waals surface area contributed by atoms with Gasteiger partial charge in [0.05, 0.1) is 25.2 Å². The third-order valence-corrected chi connectivity index (χ3v) is 13.7. The number of likely N-dealkylation sites (tertiary alicyclic amines) is 2. The summed E-state index contributed by atoms with van der Waals surface area (Å²) in [4.78, 5) is 15.9. The van der Waals surface area contributed by atoms with E-state index in [0.717, 1.165) is 75.6 Å². The highest BCUT2D eigenvalue weighted by Crippen LogP contribution is 2.40. The maximum atomic E-state index is 12.4. The summed E-state index contributed by atoms with van der Waals surface area (Å²) in [6.07, 6.45) is 14.8. The van der Waals surface area contributed by atoms with Crippen molar-refractivity contribution in [1.82, 2.24) is 14.5 Å². The van der Waals surface area contributed by atoms with E-state index in [1.165, 1.54) is 57.3 Å². The number of benzene rings is 2. The van der Waals surface area contributed by atoms with Crippen LogP contribution in [0.1, 0.15) is 70.2 Å². The molecule has 0 spiro atoms. The van der Waals surface area contributed by atoms with Gasteiger partial charge in [-0.3, -0.25) is 9.80 Å². The van der Waals surface area contributed by atoms with Crippen LogP contribution in [0.15, 0.2) is 12.1 Å². The second-order valence-corrected chi connectivity index (χ2v) is 18.1. The zero-order chi connectivity index (χ0) is 37.0. The largest absolute Gasteiger partial charge is 0.387 e. The van der Waals surface area contributed by atoms with Crippen LogP contribution in [-0.4, -0.2) is 82.4 Å². The molecule has 0 radical (unpaired) electrons. The third kappa shape index (κ3) is 8.20. The lowest BCUT2D eigenvalue weighted by Gasteiger charge is -2.36. The SMILES string of the molecule is N#CCN1CC(S(=O)(=O)NC(=O)Nc2c3c(cc4c2CCC4)CCC3)C1.N#CCN1CC(S(N)(=O)=O)C1.N#COc1c2c(cc3c1CCC3)CCC2. The lowest BCUT2D eigenvalue weighted by molar-refractivity contribution is 0.208. The molecule has 0 saturated carbocycles. The molecule has 0 aromatic heterocycles. The lowest BCUT2D eigenvalue weighted by atomic mass is 9.99. The lowest BCUT2D eigenvalue weighted by Crippen LogP contribution is -2.58. The van der Waals surface area contributed by atoms with Crippen molar-refractivity contribution in [2.24, 2.45) is 5.14 Å². The van der Waals surface area contributed by atoms with Crippen molar-refractivity contribution in [3.8, 4) is 24.1 Å². The van der Waals surface area contributed by atoms with E-state index < -0.39 is 36.6 Å². The first-order chi connectivity index (χ1) is 24.9. The standard InChI is InChI=1S/C18H22N4O3S.C13H13NO.C5H9N3O2S/c19-7-8-22-10-14(11-22)26(24,25)21-18(23)20-17-15-5-1-3-12(15)9-13-4-2-6-16(13)17;14-8-15-13-11-5-1-3-9(11)7-10-4-2-6-12(10)13;6-1-2-8-3-5(4-8)11(7,9)10/h9,14H,1-6,8,10-11H2,(H2,20,21,23);7H,1-6H2;5H,2-4H2,(H2,7,9,10). The summed E-state index contributed by atoms with van der Waals surface area (Å²) < 4.78 is 53.3. The minimum atomic E-state index is -3.74. The van der Waals surface area contributed by atoms with E-state index in [2.05, 4.69) is 22.2 Å². The van der Waals surface area contributed by atoms with Crippen LogP contribution in [-0.2, 0) is 71.4 Å². The topological polar surface area (TPSA) is 223 Å². The molecule has 2 aromatic carbocycles. The zero-order valence-corrected chi connectivity index (χ0v) is 30.7. The molecule has 0 bridgehead atoms. The van der Waals surface area contributed by atoms with Gasteiger partial charge < -0.3 is 10.1 Å². The maximum Gasteiger partial charge on any atom is 0.332 e. The van der Waals surface area contributed by atoms with Crippen molar-refractivity contribution in [1.29, 1.82) is 15.8 Å². The minimum absolute atomic E-state index is 0.209. The number of nitrogens with two attached hydrogens (primary N) is 1. The molecule has 4 aliphatic carbocycles. The minimum Gasteiger partial charge on any atom is -0.387 e. The van der Waals surface area contributed by atoms with Crippen LogP contribution in [0.25, 0.3) is 0 Å². The fourth-order valence-electron chi connectivity index (χ4n) is 8.16. The number of amides is 2. The van der Waals surface area contributed by atoms with Gasteiger partial charge >= 0.3 is 6.03 Å². The highest BCUT2D eigenvalue weighted by atomic mass is 32.2. The Kier molecular flexibility index (Phi) is 11.4. The Morgan fingerprint density at radius 1 is 0.712 bits per heavy atom. The predicted molar refractivity (Wildman–Crippen MR) is 193 cm³/mol. The Morgan fingerprint density at radius 2 is 1.13 bits per heavy atom. The van der Waals surface area contributed by atoms with E-state index in [1.807, 2.05) is 18.4 Å². The summed E-state index contributed by atoms with van der Waals surface area (Å²) in [5, 5.41) is 32.2. The molecule has 2 saturated heterocycles. The molecule has 2 amide bonds. The molecule has 6 aliphatic rings. The van der Waals surface area contributed by atoms with Crippen LogP contribution < -0.4 is 19.9 Å². The van der Waals surface area contributed by atoms with Crippen LogP contribution in [0.2, 0.25) is 0 Å². The van der Waals surface area contributed by atoms with Crippen LogP contribution in [0, 0.1) is 34.2 Å². The molecule has 0 atom stereocenters. The molecule has 2 aromatic rings. The van der Waals surface area contributed by atoms with Crippen LogP contribution >= 0.6 is 0 Å². The van der Waals surface area contributed by atoms with Crippen molar-refractivity contribution in [2.45, 2.75) is 87.5 Å². The first kappa shape index (κ1) is 37.5. The number of fused-ring (bicyclic) bond motifs is 4.